The summed E-state index contributed by atoms with van der Waals surface area (Å²) in [5.74, 6) is 0. The van der Waals surface area contributed by atoms with Crippen LogP contribution >= 0.6 is 0 Å². The average Bonchev–Trinajstić information content (AvgIpc) is 2.03. The lowest BCUT2D eigenvalue weighted by Crippen LogP contribution is -1.99. The fourth-order valence-electron chi connectivity index (χ4n) is 1.06. The second-order valence-corrected chi connectivity index (χ2v) is 2.75. The summed E-state index contributed by atoms with van der Waals surface area (Å²) in [6.07, 6.45) is -0.708. The van der Waals surface area contributed by atoms with E-state index in [1.807, 2.05) is 0 Å². The molecule has 1 aromatic carbocycles. The number of hydrogen-bond acceptors (Lipinski definition) is 4. The number of aliphatic hydroxyl groups excluding tert-OH is 1. The Balaban J connectivity index is 3.13. The van der Waals surface area contributed by atoms with E-state index in [4.69, 9.17) is 5.73 Å². The SMILES string of the molecule is C[C@@H](O)c1ccc([N+](=O)[O-])cc1N. The lowest BCUT2D eigenvalue weighted by atomic mass is 10.1. The van der Waals surface area contributed by atoms with E-state index in [1.54, 1.807) is 6.92 Å². The maximum absolute atomic E-state index is 10.3. The van der Waals surface area contributed by atoms with Crippen LogP contribution in [0, 0.1) is 10.1 Å². The standard InChI is InChI=1S/C8H10N2O3/c1-5(11)7-3-2-6(10(12)13)4-8(7)9/h2-5,11H,9H2,1H3/t5-/m1/s1. The Morgan fingerprint density at radius 2 is 2.23 bits per heavy atom. The zero-order valence-electron chi connectivity index (χ0n) is 7.10. The summed E-state index contributed by atoms with van der Waals surface area (Å²) in [6, 6.07) is 4.01. The van der Waals surface area contributed by atoms with E-state index in [9.17, 15) is 15.2 Å². The first kappa shape index (κ1) is 9.47. The summed E-state index contributed by atoms with van der Waals surface area (Å²) in [6.45, 7) is 1.55. The first-order valence-corrected chi connectivity index (χ1v) is 3.74. The van der Waals surface area contributed by atoms with Gasteiger partial charge in [-0.05, 0) is 13.0 Å². The van der Waals surface area contributed by atoms with Gasteiger partial charge in [0.15, 0.2) is 0 Å². The van der Waals surface area contributed by atoms with Gasteiger partial charge in [0.2, 0.25) is 0 Å². The van der Waals surface area contributed by atoms with Gasteiger partial charge in [0.25, 0.3) is 5.69 Å². The predicted molar refractivity (Wildman–Crippen MR) is 48.1 cm³/mol. The summed E-state index contributed by atoms with van der Waals surface area (Å²) in [4.78, 5) is 9.80. The number of nitro groups is 1. The van der Waals surface area contributed by atoms with E-state index in [0.717, 1.165) is 0 Å². The molecule has 0 aliphatic rings. The minimum absolute atomic E-state index is 0.0677. The maximum atomic E-state index is 10.3. The van der Waals surface area contributed by atoms with Crippen LogP contribution in [0.25, 0.3) is 0 Å². The number of nitrogen functional groups attached to an aromatic ring is 1. The Labute approximate surface area is 74.9 Å². The molecular weight excluding hydrogens is 172 g/mol. The smallest absolute Gasteiger partial charge is 0.271 e. The maximum Gasteiger partial charge on any atom is 0.271 e. The molecule has 1 rings (SSSR count). The first-order chi connectivity index (χ1) is 6.02. The van der Waals surface area contributed by atoms with Gasteiger partial charge < -0.3 is 10.8 Å². The molecule has 0 amide bonds. The van der Waals surface area contributed by atoms with Gasteiger partial charge in [-0.15, -0.1) is 0 Å². The molecule has 0 aliphatic heterocycles. The normalized spacial score (nSPS) is 12.5. The zero-order chi connectivity index (χ0) is 10.0. The molecule has 0 saturated heterocycles. The third-order valence-corrected chi connectivity index (χ3v) is 1.73. The van der Waals surface area contributed by atoms with Crippen LogP contribution in [0.4, 0.5) is 11.4 Å². The molecule has 0 heterocycles. The van der Waals surface area contributed by atoms with Crippen molar-refractivity contribution in [1.82, 2.24) is 0 Å². The molecule has 70 valence electrons. The van der Waals surface area contributed by atoms with E-state index >= 15 is 0 Å². The topological polar surface area (TPSA) is 89.4 Å². The fourth-order valence-corrected chi connectivity index (χ4v) is 1.06. The summed E-state index contributed by atoms with van der Waals surface area (Å²) >= 11 is 0. The van der Waals surface area contributed by atoms with Crippen molar-refractivity contribution in [2.45, 2.75) is 13.0 Å². The quantitative estimate of drug-likeness (QED) is 0.409. The van der Waals surface area contributed by atoms with E-state index in [2.05, 4.69) is 0 Å². The highest BCUT2D eigenvalue weighted by Crippen LogP contribution is 2.24. The minimum atomic E-state index is -0.708. The van der Waals surface area contributed by atoms with E-state index < -0.39 is 11.0 Å². The number of nitro benzene ring substituents is 1. The van der Waals surface area contributed by atoms with E-state index in [0.29, 0.717) is 5.56 Å². The summed E-state index contributed by atoms with van der Waals surface area (Å²) in [5, 5.41) is 19.5. The summed E-state index contributed by atoms with van der Waals surface area (Å²) in [7, 11) is 0. The Morgan fingerprint density at radius 3 is 2.62 bits per heavy atom. The Bertz CT molecular complexity index is 336. The van der Waals surface area contributed by atoms with Gasteiger partial charge in [0.05, 0.1) is 11.0 Å². The molecule has 3 N–H and O–H groups in total. The molecule has 0 saturated carbocycles. The lowest BCUT2D eigenvalue weighted by molar-refractivity contribution is -0.384. The van der Waals surface area contributed by atoms with Crippen LogP contribution < -0.4 is 5.73 Å². The van der Waals surface area contributed by atoms with Crippen molar-refractivity contribution in [3.8, 4) is 0 Å². The zero-order valence-corrected chi connectivity index (χ0v) is 7.10. The van der Waals surface area contributed by atoms with Crippen LogP contribution in [-0.4, -0.2) is 10.0 Å². The van der Waals surface area contributed by atoms with Gasteiger partial charge >= 0.3 is 0 Å². The third-order valence-electron chi connectivity index (χ3n) is 1.73. The molecule has 1 atom stereocenters. The van der Waals surface area contributed by atoms with Gasteiger partial charge in [-0.25, -0.2) is 0 Å². The van der Waals surface area contributed by atoms with Gasteiger partial charge in [0.1, 0.15) is 0 Å². The van der Waals surface area contributed by atoms with Gasteiger partial charge in [0, 0.05) is 23.4 Å². The molecule has 0 unspecified atom stereocenters. The average molecular weight is 182 g/mol. The Hall–Kier alpha value is -1.62. The predicted octanol–water partition coefficient (Wildman–Crippen LogP) is 1.23. The molecule has 1 aromatic rings. The molecule has 0 fully saturated rings. The van der Waals surface area contributed by atoms with Crippen molar-refractivity contribution in [3.63, 3.8) is 0 Å². The molecule has 0 aliphatic carbocycles. The minimum Gasteiger partial charge on any atom is -0.398 e. The number of anilines is 1. The molecule has 5 nitrogen and oxygen atoms in total. The molecule has 0 bridgehead atoms. The van der Waals surface area contributed by atoms with Gasteiger partial charge in [-0.3, -0.25) is 10.1 Å². The highest BCUT2D eigenvalue weighted by Gasteiger charge is 2.10. The number of non-ortho nitro benzene ring substituents is 1. The van der Waals surface area contributed by atoms with Crippen molar-refractivity contribution < 1.29 is 10.0 Å². The van der Waals surface area contributed by atoms with Crippen molar-refractivity contribution in [2.75, 3.05) is 5.73 Å². The van der Waals surface area contributed by atoms with Gasteiger partial charge in [-0.1, -0.05) is 0 Å². The number of aliphatic hydroxyl groups is 1. The van der Waals surface area contributed by atoms with Crippen molar-refractivity contribution in [1.29, 1.82) is 0 Å². The van der Waals surface area contributed by atoms with Crippen LogP contribution in [0.2, 0.25) is 0 Å². The molecule has 5 heteroatoms. The van der Waals surface area contributed by atoms with Crippen LogP contribution in [0.3, 0.4) is 0 Å². The largest absolute Gasteiger partial charge is 0.398 e. The molecule has 13 heavy (non-hydrogen) atoms. The van der Waals surface area contributed by atoms with Crippen LogP contribution in [0.15, 0.2) is 18.2 Å². The van der Waals surface area contributed by atoms with Gasteiger partial charge in [-0.2, -0.15) is 0 Å². The number of benzene rings is 1. The highest BCUT2D eigenvalue weighted by atomic mass is 16.6. The summed E-state index contributed by atoms with van der Waals surface area (Å²) in [5.41, 5.74) is 6.17. The molecule has 0 aromatic heterocycles. The summed E-state index contributed by atoms with van der Waals surface area (Å²) < 4.78 is 0. The number of hydrogen-bond donors (Lipinski definition) is 2. The fraction of sp³-hybridized carbons (Fsp3) is 0.250. The highest BCUT2D eigenvalue weighted by molar-refractivity contribution is 5.54. The second-order valence-electron chi connectivity index (χ2n) is 2.75. The molecular formula is C8H10N2O3. The van der Waals surface area contributed by atoms with E-state index in [-0.39, 0.29) is 11.4 Å². The third kappa shape index (κ3) is 1.94. The number of nitrogens with two attached hydrogens (primary N) is 1. The van der Waals surface area contributed by atoms with Crippen molar-refractivity contribution >= 4 is 11.4 Å². The number of rotatable bonds is 2. The van der Waals surface area contributed by atoms with Crippen LogP contribution in [0.1, 0.15) is 18.6 Å². The monoisotopic (exact) mass is 182 g/mol. The van der Waals surface area contributed by atoms with E-state index in [1.165, 1.54) is 18.2 Å². The van der Waals surface area contributed by atoms with Crippen LogP contribution in [0.5, 0.6) is 0 Å². The number of nitrogens with zero attached hydrogens (tertiary/aromatic N) is 1. The Morgan fingerprint density at radius 1 is 1.62 bits per heavy atom. The van der Waals surface area contributed by atoms with Crippen molar-refractivity contribution in [2.24, 2.45) is 0 Å². The van der Waals surface area contributed by atoms with Crippen LogP contribution in [-0.2, 0) is 0 Å². The van der Waals surface area contributed by atoms with Crippen molar-refractivity contribution in [3.05, 3.63) is 33.9 Å². The first-order valence-electron chi connectivity index (χ1n) is 3.74. The Kier molecular flexibility index (Phi) is 2.48. The molecule has 0 radical (unpaired) electrons. The lowest BCUT2D eigenvalue weighted by Gasteiger charge is -2.07. The molecule has 0 spiro atoms. The second kappa shape index (κ2) is 3.40.